The molecule has 3 rings (SSSR count). The van der Waals surface area contributed by atoms with E-state index in [9.17, 15) is 0 Å². The topological polar surface area (TPSA) is 6.48 Å². The fourth-order valence-electron chi connectivity index (χ4n) is 3.25. The van der Waals surface area contributed by atoms with Crippen LogP contribution in [0, 0.1) is 0 Å². The second kappa shape index (κ2) is 3.21. The molecule has 0 aliphatic carbocycles. The first-order valence-electron chi connectivity index (χ1n) is 6.23. The van der Waals surface area contributed by atoms with Gasteiger partial charge in [-0.3, -0.25) is 9.80 Å². The molecule has 88 valence electrons. The van der Waals surface area contributed by atoms with E-state index in [0.29, 0.717) is 11.1 Å². The summed E-state index contributed by atoms with van der Waals surface area (Å²) in [5.41, 5.74) is 0.707. The number of nitrogens with zero attached hydrogens (tertiary/aromatic N) is 2. The molecule has 0 spiro atoms. The zero-order chi connectivity index (χ0) is 11.4. The summed E-state index contributed by atoms with van der Waals surface area (Å²) in [7, 11) is 0. The number of piperidine rings is 1. The highest BCUT2D eigenvalue weighted by Gasteiger charge is 2.50. The van der Waals surface area contributed by atoms with Crippen molar-refractivity contribution in [3.8, 4) is 0 Å². The highest BCUT2D eigenvalue weighted by atomic mass is 15.4. The van der Waals surface area contributed by atoms with Gasteiger partial charge in [0, 0.05) is 36.3 Å². The minimum absolute atomic E-state index is 0.348. The minimum atomic E-state index is 0.348. The molecule has 2 bridgehead atoms. The Labute approximate surface area is 94.6 Å². The molecule has 0 unspecified atom stereocenters. The van der Waals surface area contributed by atoms with Crippen LogP contribution in [0.1, 0.15) is 48.0 Å². The molecule has 0 aromatic carbocycles. The molecule has 3 saturated heterocycles. The lowest BCUT2D eigenvalue weighted by atomic mass is 9.80. The standard InChI is InChI=1S/C13H26N2/c1-12(2,3)14-8-10-7-11(9-14)15(10)13(4,5)6/h10-11H,7-9H2,1-6H3/t10-,11+. The van der Waals surface area contributed by atoms with Crippen LogP contribution in [0.2, 0.25) is 0 Å². The Kier molecular flexibility index (Phi) is 2.44. The molecule has 3 aliphatic heterocycles. The van der Waals surface area contributed by atoms with Gasteiger partial charge in [0.1, 0.15) is 0 Å². The summed E-state index contributed by atoms with van der Waals surface area (Å²) in [5.74, 6) is 0. The zero-order valence-corrected chi connectivity index (χ0v) is 11.2. The van der Waals surface area contributed by atoms with Gasteiger partial charge >= 0.3 is 0 Å². The van der Waals surface area contributed by atoms with E-state index in [4.69, 9.17) is 0 Å². The second-order valence-electron chi connectivity index (χ2n) is 7.20. The quantitative estimate of drug-likeness (QED) is 0.605. The van der Waals surface area contributed by atoms with Crippen molar-refractivity contribution in [3.05, 3.63) is 0 Å². The van der Waals surface area contributed by atoms with Crippen molar-refractivity contribution in [2.45, 2.75) is 71.1 Å². The summed E-state index contributed by atoms with van der Waals surface area (Å²) in [6, 6.07) is 1.62. The van der Waals surface area contributed by atoms with Crippen molar-refractivity contribution in [3.63, 3.8) is 0 Å². The van der Waals surface area contributed by atoms with Crippen LogP contribution in [0.5, 0.6) is 0 Å². The lowest BCUT2D eigenvalue weighted by Gasteiger charge is -2.63. The third-order valence-electron chi connectivity index (χ3n) is 3.92. The van der Waals surface area contributed by atoms with Crippen LogP contribution in [-0.2, 0) is 0 Å². The fraction of sp³-hybridized carbons (Fsp3) is 1.00. The highest BCUT2D eigenvalue weighted by molar-refractivity contribution is 5.06. The summed E-state index contributed by atoms with van der Waals surface area (Å²) in [6.45, 7) is 16.6. The molecule has 3 aliphatic rings. The Hall–Kier alpha value is -0.0800. The second-order valence-corrected chi connectivity index (χ2v) is 7.20. The molecule has 0 aromatic heterocycles. The first-order valence-corrected chi connectivity index (χ1v) is 6.23. The molecule has 0 N–H and O–H groups in total. The van der Waals surface area contributed by atoms with E-state index in [1.165, 1.54) is 19.5 Å². The van der Waals surface area contributed by atoms with Gasteiger partial charge in [0.15, 0.2) is 0 Å². The molecule has 3 heterocycles. The smallest absolute Gasteiger partial charge is 0.0247 e. The largest absolute Gasteiger partial charge is 0.295 e. The van der Waals surface area contributed by atoms with Crippen LogP contribution in [0.3, 0.4) is 0 Å². The van der Waals surface area contributed by atoms with Gasteiger partial charge < -0.3 is 0 Å². The predicted octanol–water partition coefficient (Wildman–Crippen LogP) is 2.34. The van der Waals surface area contributed by atoms with Gasteiger partial charge in [-0.05, 0) is 48.0 Å². The molecule has 2 atom stereocenters. The number of fused-ring (bicyclic) bond motifs is 2. The molecule has 2 heteroatoms. The molecule has 0 radical (unpaired) electrons. The van der Waals surface area contributed by atoms with Crippen molar-refractivity contribution in [1.82, 2.24) is 9.80 Å². The summed E-state index contributed by atoms with van der Waals surface area (Å²) >= 11 is 0. The number of piperazine rings is 1. The van der Waals surface area contributed by atoms with E-state index in [2.05, 4.69) is 51.3 Å². The Morgan fingerprint density at radius 2 is 1.27 bits per heavy atom. The average molecular weight is 210 g/mol. The number of hydrogen-bond acceptors (Lipinski definition) is 2. The summed E-state index contributed by atoms with van der Waals surface area (Å²) in [5, 5.41) is 0. The molecule has 0 aromatic rings. The van der Waals surface area contributed by atoms with Crippen molar-refractivity contribution >= 4 is 0 Å². The number of hydrogen-bond donors (Lipinski definition) is 0. The van der Waals surface area contributed by atoms with E-state index < -0.39 is 0 Å². The summed E-state index contributed by atoms with van der Waals surface area (Å²) in [6.07, 6.45) is 1.42. The van der Waals surface area contributed by atoms with Crippen LogP contribution in [0.25, 0.3) is 0 Å². The van der Waals surface area contributed by atoms with E-state index in [1.54, 1.807) is 0 Å². The molecule has 0 amide bonds. The first kappa shape index (κ1) is 11.4. The molecule has 2 nitrogen and oxygen atoms in total. The van der Waals surface area contributed by atoms with Crippen LogP contribution < -0.4 is 0 Å². The summed E-state index contributed by atoms with van der Waals surface area (Å²) in [4.78, 5) is 5.36. The Balaban J connectivity index is 2.03. The normalized spacial score (nSPS) is 34.0. The van der Waals surface area contributed by atoms with Crippen LogP contribution >= 0.6 is 0 Å². The maximum Gasteiger partial charge on any atom is 0.0247 e. The van der Waals surface area contributed by atoms with E-state index in [-0.39, 0.29) is 0 Å². The maximum absolute atomic E-state index is 2.72. The predicted molar refractivity (Wildman–Crippen MR) is 65.1 cm³/mol. The van der Waals surface area contributed by atoms with Gasteiger partial charge in [0.05, 0.1) is 0 Å². The van der Waals surface area contributed by atoms with Gasteiger partial charge in [0.25, 0.3) is 0 Å². The maximum atomic E-state index is 2.72. The van der Waals surface area contributed by atoms with Crippen molar-refractivity contribution in [1.29, 1.82) is 0 Å². The molecule has 0 saturated carbocycles. The molecular formula is C13H26N2. The third-order valence-corrected chi connectivity index (χ3v) is 3.92. The van der Waals surface area contributed by atoms with E-state index in [0.717, 1.165) is 12.1 Å². The van der Waals surface area contributed by atoms with E-state index >= 15 is 0 Å². The van der Waals surface area contributed by atoms with Gasteiger partial charge in [-0.2, -0.15) is 0 Å². The Morgan fingerprint density at radius 1 is 0.800 bits per heavy atom. The highest BCUT2D eigenvalue weighted by Crippen LogP contribution is 2.39. The molecular weight excluding hydrogens is 184 g/mol. The summed E-state index contributed by atoms with van der Waals surface area (Å²) < 4.78 is 0. The number of rotatable bonds is 0. The Morgan fingerprint density at radius 3 is 1.60 bits per heavy atom. The fourth-order valence-corrected chi connectivity index (χ4v) is 3.25. The van der Waals surface area contributed by atoms with Crippen molar-refractivity contribution in [2.24, 2.45) is 0 Å². The zero-order valence-electron chi connectivity index (χ0n) is 11.2. The monoisotopic (exact) mass is 210 g/mol. The van der Waals surface area contributed by atoms with Crippen LogP contribution in [-0.4, -0.2) is 46.1 Å². The van der Waals surface area contributed by atoms with Gasteiger partial charge in [0.2, 0.25) is 0 Å². The van der Waals surface area contributed by atoms with Crippen LogP contribution in [0.4, 0.5) is 0 Å². The van der Waals surface area contributed by atoms with Crippen LogP contribution in [0.15, 0.2) is 0 Å². The van der Waals surface area contributed by atoms with E-state index in [1.807, 2.05) is 0 Å². The lowest BCUT2D eigenvalue weighted by molar-refractivity contribution is -0.137. The molecule has 3 fully saturated rings. The minimum Gasteiger partial charge on any atom is -0.295 e. The average Bonchev–Trinajstić information content (AvgIpc) is 1.99. The lowest BCUT2D eigenvalue weighted by Crippen LogP contribution is -2.74. The van der Waals surface area contributed by atoms with Crippen molar-refractivity contribution in [2.75, 3.05) is 13.1 Å². The van der Waals surface area contributed by atoms with Gasteiger partial charge in [-0.25, -0.2) is 0 Å². The van der Waals surface area contributed by atoms with Crippen molar-refractivity contribution < 1.29 is 0 Å². The van der Waals surface area contributed by atoms with Gasteiger partial charge in [-0.15, -0.1) is 0 Å². The first-order chi connectivity index (χ1) is 6.69. The molecule has 15 heavy (non-hydrogen) atoms. The third kappa shape index (κ3) is 1.94. The SMILES string of the molecule is CC(C)(C)N1C[C@H]2C[C@@H](C1)N2C(C)(C)C. The Bertz CT molecular complexity index is 234. The van der Waals surface area contributed by atoms with Gasteiger partial charge in [-0.1, -0.05) is 0 Å².